The lowest BCUT2D eigenvalue weighted by Gasteiger charge is -2.26. The van der Waals surface area contributed by atoms with Crippen LogP contribution in [-0.2, 0) is 0 Å². The van der Waals surface area contributed by atoms with E-state index in [1.165, 1.54) is 65.6 Å². The molecule has 10 rings (SSSR count). The molecule has 9 aromatic rings. The van der Waals surface area contributed by atoms with Crippen molar-refractivity contribution in [3.8, 4) is 27.9 Å². The molecule has 1 aromatic heterocycles. The van der Waals surface area contributed by atoms with Gasteiger partial charge < -0.3 is 9.47 Å². The van der Waals surface area contributed by atoms with Gasteiger partial charge in [0.15, 0.2) is 0 Å². The van der Waals surface area contributed by atoms with Crippen molar-refractivity contribution in [3.05, 3.63) is 170 Å². The fourth-order valence-corrected chi connectivity index (χ4v) is 7.81. The average molecular weight is 585 g/mol. The van der Waals surface area contributed by atoms with Crippen LogP contribution in [0.2, 0.25) is 0 Å². The van der Waals surface area contributed by atoms with E-state index in [2.05, 4.69) is 179 Å². The van der Waals surface area contributed by atoms with Gasteiger partial charge in [0.25, 0.3) is 0 Å². The van der Waals surface area contributed by atoms with Gasteiger partial charge in [-0.05, 0) is 92.8 Å². The van der Waals surface area contributed by atoms with E-state index in [9.17, 15) is 0 Å². The molecule has 0 atom stereocenters. The summed E-state index contributed by atoms with van der Waals surface area (Å²) in [5.74, 6) is 0. The van der Waals surface area contributed by atoms with Crippen LogP contribution in [0, 0.1) is 0 Å². The first-order chi connectivity index (χ1) is 22.8. The summed E-state index contributed by atoms with van der Waals surface area (Å²) >= 11 is 0. The summed E-state index contributed by atoms with van der Waals surface area (Å²) < 4.78 is 2.48. The highest BCUT2D eigenvalue weighted by atomic mass is 15.1. The fraction of sp³-hybridized carbons (Fsp3) is 0. The molecule has 0 saturated carbocycles. The van der Waals surface area contributed by atoms with Gasteiger partial charge in [-0.3, -0.25) is 0 Å². The lowest BCUT2D eigenvalue weighted by atomic mass is 9.91. The molecule has 1 heterocycles. The molecule has 2 nitrogen and oxygen atoms in total. The molecule has 0 spiro atoms. The smallest absolute Gasteiger partial charge is 0.0553 e. The highest BCUT2D eigenvalue weighted by molar-refractivity contribution is 6.31. The van der Waals surface area contributed by atoms with Crippen LogP contribution in [0.15, 0.2) is 170 Å². The Labute approximate surface area is 267 Å². The minimum atomic E-state index is 1.12. The largest absolute Gasteiger partial charge is 0.310 e. The van der Waals surface area contributed by atoms with Crippen LogP contribution in [-0.4, -0.2) is 4.57 Å². The Balaban J connectivity index is 1.33. The molecule has 214 valence electrons. The van der Waals surface area contributed by atoms with E-state index < -0.39 is 0 Å². The Hall–Kier alpha value is -6.12. The predicted octanol–water partition coefficient (Wildman–Crippen LogP) is 12.2. The fourth-order valence-electron chi connectivity index (χ4n) is 7.81. The summed E-state index contributed by atoms with van der Waals surface area (Å²) in [6, 6.07) is 61.9. The molecule has 0 bridgehead atoms. The molecular weight excluding hydrogens is 556 g/mol. The Kier molecular flexibility index (Phi) is 5.31. The zero-order valence-electron chi connectivity index (χ0n) is 25.1. The number of nitrogens with zero attached hydrogens (tertiary/aromatic N) is 2. The Bertz CT molecular complexity index is 2590. The van der Waals surface area contributed by atoms with Crippen molar-refractivity contribution in [1.29, 1.82) is 0 Å². The Morgan fingerprint density at radius 1 is 0.370 bits per heavy atom. The number of para-hydroxylation sites is 2. The van der Waals surface area contributed by atoms with Crippen LogP contribution >= 0.6 is 0 Å². The van der Waals surface area contributed by atoms with Crippen LogP contribution in [0.5, 0.6) is 0 Å². The SMILES string of the molecule is c1ccc(N(c2ccccc2)c2cccc(-n3c4cccc5c4c4c(c6ccccc6cc43)-c3cccc4cccc-5c34)c2)cc1. The van der Waals surface area contributed by atoms with Crippen LogP contribution in [0.1, 0.15) is 0 Å². The van der Waals surface area contributed by atoms with E-state index in [1.54, 1.807) is 0 Å². The molecule has 1 aliphatic rings. The summed E-state index contributed by atoms with van der Waals surface area (Å²) in [5.41, 5.74) is 12.2. The summed E-state index contributed by atoms with van der Waals surface area (Å²) in [6.07, 6.45) is 0. The molecule has 2 heteroatoms. The highest BCUT2D eigenvalue weighted by Gasteiger charge is 2.26. The highest BCUT2D eigenvalue weighted by Crippen LogP contribution is 2.52. The van der Waals surface area contributed by atoms with Gasteiger partial charge in [0, 0.05) is 39.1 Å². The van der Waals surface area contributed by atoms with Crippen LogP contribution in [0.3, 0.4) is 0 Å². The number of aromatic nitrogens is 1. The first kappa shape index (κ1) is 25.2. The normalized spacial score (nSPS) is 11.9. The summed E-state index contributed by atoms with van der Waals surface area (Å²) in [6.45, 7) is 0. The summed E-state index contributed by atoms with van der Waals surface area (Å²) in [4.78, 5) is 2.34. The molecule has 8 aromatic carbocycles. The quantitative estimate of drug-likeness (QED) is 0.200. The molecule has 0 unspecified atom stereocenters. The third-order valence-electron chi connectivity index (χ3n) is 9.64. The minimum Gasteiger partial charge on any atom is -0.310 e. The lowest BCUT2D eigenvalue weighted by Crippen LogP contribution is -2.10. The number of anilines is 3. The lowest BCUT2D eigenvalue weighted by molar-refractivity contribution is 1.17. The second-order valence-electron chi connectivity index (χ2n) is 12.1. The van der Waals surface area contributed by atoms with Crippen molar-refractivity contribution in [2.75, 3.05) is 4.90 Å². The molecule has 1 aliphatic carbocycles. The van der Waals surface area contributed by atoms with Gasteiger partial charge in [-0.25, -0.2) is 0 Å². The van der Waals surface area contributed by atoms with Crippen molar-refractivity contribution in [3.63, 3.8) is 0 Å². The van der Waals surface area contributed by atoms with Gasteiger partial charge in [0.1, 0.15) is 0 Å². The van der Waals surface area contributed by atoms with E-state index in [-0.39, 0.29) is 0 Å². The third-order valence-corrected chi connectivity index (χ3v) is 9.64. The van der Waals surface area contributed by atoms with E-state index >= 15 is 0 Å². The summed E-state index contributed by atoms with van der Waals surface area (Å²) in [5, 5.41) is 7.79. The first-order valence-corrected chi connectivity index (χ1v) is 15.9. The van der Waals surface area contributed by atoms with Crippen molar-refractivity contribution < 1.29 is 0 Å². The first-order valence-electron chi connectivity index (χ1n) is 15.9. The Morgan fingerprint density at radius 2 is 0.957 bits per heavy atom. The third kappa shape index (κ3) is 3.53. The average Bonchev–Trinajstić information content (AvgIpc) is 3.38. The second kappa shape index (κ2) is 9.69. The molecular formula is C44H28N2. The summed E-state index contributed by atoms with van der Waals surface area (Å²) in [7, 11) is 0. The van der Waals surface area contributed by atoms with Gasteiger partial charge >= 0.3 is 0 Å². The van der Waals surface area contributed by atoms with Gasteiger partial charge in [0.05, 0.1) is 11.0 Å². The standard InChI is InChI=1S/C44H28N2/c1-3-16-31(17-4-1)45(32-18-5-2-6-19-32)33-20-11-21-34(28-33)46-39-26-12-24-37-36-23-9-14-29-15-10-25-38(41(29)36)42-35-22-8-7-13-30(35)27-40(46)44(42)43(37)39/h1-28H. The van der Waals surface area contributed by atoms with Crippen LogP contribution in [0.25, 0.3) is 71.3 Å². The van der Waals surface area contributed by atoms with Crippen LogP contribution in [0.4, 0.5) is 17.1 Å². The Morgan fingerprint density at radius 3 is 1.72 bits per heavy atom. The second-order valence-corrected chi connectivity index (χ2v) is 12.1. The number of rotatable bonds is 4. The number of benzene rings is 8. The molecule has 0 amide bonds. The van der Waals surface area contributed by atoms with Crippen molar-refractivity contribution in [2.45, 2.75) is 0 Å². The van der Waals surface area contributed by atoms with E-state index in [0.29, 0.717) is 0 Å². The van der Waals surface area contributed by atoms with E-state index in [0.717, 1.165) is 22.7 Å². The van der Waals surface area contributed by atoms with Gasteiger partial charge in [-0.15, -0.1) is 0 Å². The predicted molar refractivity (Wildman–Crippen MR) is 195 cm³/mol. The molecule has 0 radical (unpaired) electrons. The number of hydrogen-bond acceptors (Lipinski definition) is 1. The molecule has 46 heavy (non-hydrogen) atoms. The van der Waals surface area contributed by atoms with Crippen molar-refractivity contribution >= 4 is 60.4 Å². The maximum atomic E-state index is 2.48. The van der Waals surface area contributed by atoms with Gasteiger partial charge in [-0.2, -0.15) is 0 Å². The van der Waals surface area contributed by atoms with Gasteiger partial charge in [-0.1, -0.05) is 115 Å². The van der Waals surface area contributed by atoms with Crippen molar-refractivity contribution in [1.82, 2.24) is 4.57 Å². The maximum absolute atomic E-state index is 2.48. The number of hydrogen-bond donors (Lipinski definition) is 0. The topological polar surface area (TPSA) is 8.17 Å². The molecule has 0 saturated heterocycles. The molecule has 0 fully saturated rings. The number of fused-ring (bicyclic) bond motifs is 4. The molecule has 0 N–H and O–H groups in total. The maximum Gasteiger partial charge on any atom is 0.0553 e. The zero-order valence-corrected chi connectivity index (χ0v) is 25.1. The van der Waals surface area contributed by atoms with Gasteiger partial charge in [0.2, 0.25) is 0 Å². The van der Waals surface area contributed by atoms with Crippen molar-refractivity contribution in [2.24, 2.45) is 0 Å². The van der Waals surface area contributed by atoms with Crippen LogP contribution < -0.4 is 4.90 Å². The van der Waals surface area contributed by atoms with E-state index in [4.69, 9.17) is 0 Å². The molecule has 0 aliphatic heterocycles. The zero-order chi connectivity index (χ0) is 30.2. The minimum absolute atomic E-state index is 1.12. The van der Waals surface area contributed by atoms with E-state index in [1.807, 2.05) is 0 Å². The monoisotopic (exact) mass is 584 g/mol.